The molecule has 2 rings (SSSR count). The van der Waals surface area contributed by atoms with E-state index >= 15 is 0 Å². The van der Waals surface area contributed by atoms with Gasteiger partial charge in [-0.05, 0) is 12.0 Å². The summed E-state index contributed by atoms with van der Waals surface area (Å²) in [5, 5.41) is 0. The molecular formula is C16H20N2O2. The lowest BCUT2D eigenvalue weighted by molar-refractivity contribution is 0.0895. The number of aromatic amines is 1. The molecule has 4 nitrogen and oxygen atoms in total. The smallest absolute Gasteiger partial charge is 0.305 e. The highest BCUT2D eigenvalue weighted by Gasteiger charge is 2.11. The van der Waals surface area contributed by atoms with Crippen LogP contribution in [0, 0.1) is 0 Å². The van der Waals surface area contributed by atoms with E-state index in [9.17, 15) is 9.59 Å². The SMILES string of the molecule is CCCCCCC(=O)n1cc(-c2ccccc2)[nH]c1=O. The molecule has 1 N–H and O–H groups in total. The maximum absolute atomic E-state index is 12.0. The van der Waals surface area contributed by atoms with E-state index in [1.54, 1.807) is 6.20 Å². The largest absolute Gasteiger partial charge is 0.332 e. The van der Waals surface area contributed by atoms with Crippen LogP contribution in [0.1, 0.15) is 43.8 Å². The van der Waals surface area contributed by atoms with Crippen molar-refractivity contribution in [1.29, 1.82) is 0 Å². The topological polar surface area (TPSA) is 54.9 Å². The normalized spacial score (nSPS) is 10.7. The van der Waals surface area contributed by atoms with Gasteiger partial charge in [-0.3, -0.25) is 4.79 Å². The maximum atomic E-state index is 12.0. The molecule has 0 spiro atoms. The number of H-pyrrole nitrogens is 1. The zero-order chi connectivity index (χ0) is 14.4. The summed E-state index contributed by atoms with van der Waals surface area (Å²) in [6.07, 6.45) is 6.16. The van der Waals surface area contributed by atoms with E-state index in [1.807, 2.05) is 30.3 Å². The molecule has 0 saturated carbocycles. The fraction of sp³-hybridized carbons (Fsp3) is 0.375. The van der Waals surface area contributed by atoms with Crippen LogP contribution in [0.3, 0.4) is 0 Å². The van der Waals surface area contributed by atoms with Crippen LogP contribution in [0.5, 0.6) is 0 Å². The number of rotatable bonds is 6. The molecule has 4 heteroatoms. The molecule has 2 aromatic rings. The van der Waals surface area contributed by atoms with Crippen molar-refractivity contribution in [3.63, 3.8) is 0 Å². The monoisotopic (exact) mass is 272 g/mol. The summed E-state index contributed by atoms with van der Waals surface area (Å²) < 4.78 is 1.19. The van der Waals surface area contributed by atoms with Gasteiger partial charge in [-0.15, -0.1) is 0 Å². The van der Waals surface area contributed by atoms with E-state index in [0.717, 1.165) is 31.2 Å². The molecular weight excluding hydrogens is 252 g/mol. The molecule has 0 bridgehead atoms. The Kier molecular flexibility index (Phi) is 4.93. The first-order valence-electron chi connectivity index (χ1n) is 7.12. The summed E-state index contributed by atoms with van der Waals surface area (Å²) in [7, 11) is 0. The minimum Gasteiger partial charge on any atom is -0.305 e. The summed E-state index contributed by atoms with van der Waals surface area (Å²) in [6, 6.07) is 9.52. The lowest BCUT2D eigenvalue weighted by Gasteiger charge is -2.00. The van der Waals surface area contributed by atoms with Gasteiger partial charge in [0.2, 0.25) is 5.91 Å². The van der Waals surface area contributed by atoms with E-state index in [1.165, 1.54) is 4.57 Å². The quantitative estimate of drug-likeness (QED) is 0.819. The highest BCUT2D eigenvalue weighted by Crippen LogP contribution is 2.14. The van der Waals surface area contributed by atoms with Gasteiger partial charge >= 0.3 is 5.69 Å². The predicted molar refractivity (Wildman–Crippen MR) is 79.9 cm³/mol. The molecule has 0 unspecified atom stereocenters. The first kappa shape index (κ1) is 14.3. The Labute approximate surface area is 118 Å². The Morgan fingerprint density at radius 3 is 2.60 bits per heavy atom. The number of carbonyl (C=O) groups excluding carboxylic acids is 1. The standard InChI is InChI=1S/C16H20N2O2/c1-2-3-4-8-11-15(19)18-12-14(17-16(18)20)13-9-6-5-7-10-13/h5-7,9-10,12H,2-4,8,11H2,1H3,(H,17,20). The number of carbonyl (C=O) groups is 1. The Morgan fingerprint density at radius 2 is 1.90 bits per heavy atom. The van der Waals surface area contributed by atoms with Gasteiger partial charge in [0.1, 0.15) is 0 Å². The average Bonchev–Trinajstić information content (AvgIpc) is 2.86. The maximum Gasteiger partial charge on any atom is 0.332 e. The van der Waals surface area contributed by atoms with Gasteiger partial charge in [-0.1, -0.05) is 56.5 Å². The fourth-order valence-electron chi connectivity index (χ4n) is 2.17. The van der Waals surface area contributed by atoms with Gasteiger partial charge < -0.3 is 4.98 Å². The number of aromatic nitrogens is 2. The van der Waals surface area contributed by atoms with Crippen LogP contribution in [-0.4, -0.2) is 15.5 Å². The van der Waals surface area contributed by atoms with Gasteiger partial charge in [0.15, 0.2) is 0 Å². The predicted octanol–water partition coefficient (Wildman–Crippen LogP) is 3.45. The van der Waals surface area contributed by atoms with Gasteiger partial charge in [0.25, 0.3) is 0 Å². The Morgan fingerprint density at radius 1 is 1.15 bits per heavy atom. The van der Waals surface area contributed by atoms with Crippen LogP contribution in [0.25, 0.3) is 11.3 Å². The van der Waals surface area contributed by atoms with Crippen LogP contribution in [0.15, 0.2) is 41.3 Å². The van der Waals surface area contributed by atoms with Crippen molar-refractivity contribution in [3.8, 4) is 11.3 Å². The summed E-state index contributed by atoms with van der Waals surface area (Å²) in [5.74, 6) is -0.135. The molecule has 0 amide bonds. The number of benzene rings is 1. The molecule has 106 valence electrons. The van der Waals surface area contributed by atoms with Crippen molar-refractivity contribution >= 4 is 5.91 Å². The number of nitrogens with one attached hydrogen (secondary N) is 1. The lowest BCUT2D eigenvalue weighted by Crippen LogP contribution is -2.23. The number of imidazole rings is 1. The van der Waals surface area contributed by atoms with Crippen LogP contribution in [0.2, 0.25) is 0 Å². The molecule has 20 heavy (non-hydrogen) atoms. The van der Waals surface area contributed by atoms with Crippen molar-refractivity contribution < 1.29 is 4.79 Å². The van der Waals surface area contributed by atoms with E-state index < -0.39 is 0 Å². The number of hydrogen-bond donors (Lipinski definition) is 1. The molecule has 0 aliphatic carbocycles. The molecule has 0 aliphatic heterocycles. The summed E-state index contributed by atoms with van der Waals surface area (Å²) in [6.45, 7) is 2.13. The van der Waals surface area contributed by atoms with Gasteiger partial charge in [0, 0.05) is 12.6 Å². The third-order valence-corrected chi connectivity index (χ3v) is 3.32. The zero-order valence-electron chi connectivity index (χ0n) is 11.8. The van der Waals surface area contributed by atoms with Crippen molar-refractivity contribution in [2.75, 3.05) is 0 Å². The molecule has 0 aliphatic rings. The third kappa shape index (κ3) is 3.47. The van der Waals surface area contributed by atoms with Crippen LogP contribution in [0.4, 0.5) is 0 Å². The second-order valence-corrected chi connectivity index (χ2v) is 4.91. The number of nitrogens with zero attached hydrogens (tertiary/aromatic N) is 1. The van der Waals surface area contributed by atoms with Crippen molar-refractivity contribution in [2.45, 2.75) is 39.0 Å². The number of unbranched alkanes of at least 4 members (excludes halogenated alkanes) is 3. The minimum atomic E-state index is -0.357. The molecule has 0 saturated heterocycles. The molecule has 1 aromatic heterocycles. The van der Waals surface area contributed by atoms with Crippen LogP contribution < -0.4 is 5.69 Å². The van der Waals surface area contributed by atoms with Crippen molar-refractivity contribution in [2.24, 2.45) is 0 Å². The van der Waals surface area contributed by atoms with E-state index in [0.29, 0.717) is 12.1 Å². The highest BCUT2D eigenvalue weighted by atomic mass is 16.2. The van der Waals surface area contributed by atoms with Gasteiger partial charge in [0.05, 0.1) is 5.69 Å². The second-order valence-electron chi connectivity index (χ2n) is 4.91. The van der Waals surface area contributed by atoms with Crippen molar-refractivity contribution in [3.05, 3.63) is 47.0 Å². The van der Waals surface area contributed by atoms with Gasteiger partial charge in [-0.2, -0.15) is 0 Å². The Hall–Kier alpha value is -2.10. The summed E-state index contributed by atoms with van der Waals surface area (Å²) >= 11 is 0. The van der Waals surface area contributed by atoms with E-state index in [4.69, 9.17) is 0 Å². The summed E-state index contributed by atoms with van der Waals surface area (Å²) in [5.41, 5.74) is 1.23. The Balaban J connectivity index is 2.08. The first-order chi connectivity index (χ1) is 9.72. The highest BCUT2D eigenvalue weighted by molar-refractivity contribution is 5.79. The van der Waals surface area contributed by atoms with Crippen molar-refractivity contribution in [1.82, 2.24) is 9.55 Å². The summed E-state index contributed by atoms with van der Waals surface area (Å²) in [4.78, 5) is 26.6. The fourth-order valence-corrected chi connectivity index (χ4v) is 2.17. The van der Waals surface area contributed by atoms with E-state index in [-0.39, 0.29) is 11.6 Å². The first-order valence-corrected chi connectivity index (χ1v) is 7.12. The molecule has 0 radical (unpaired) electrons. The molecule has 0 atom stereocenters. The van der Waals surface area contributed by atoms with Crippen LogP contribution >= 0.6 is 0 Å². The minimum absolute atomic E-state index is 0.135. The van der Waals surface area contributed by atoms with Gasteiger partial charge in [-0.25, -0.2) is 9.36 Å². The molecule has 0 fully saturated rings. The Bertz CT molecular complexity index is 611. The average molecular weight is 272 g/mol. The molecule has 1 aromatic carbocycles. The number of hydrogen-bond acceptors (Lipinski definition) is 2. The molecule has 1 heterocycles. The lowest BCUT2D eigenvalue weighted by atomic mass is 10.1. The third-order valence-electron chi connectivity index (χ3n) is 3.32. The second kappa shape index (κ2) is 6.89. The van der Waals surface area contributed by atoms with Crippen LogP contribution in [-0.2, 0) is 0 Å². The zero-order valence-corrected chi connectivity index (χ0v) is 11.8. The van der Waals surface area contributed by atoms with E-state index in [2.05, 4.69) is 11.9 Å².